The van der Waals surface area contributed by atoms with Gasteiger partial charge in [0, 0.05) is 10.7 Å². The molecule has 0 heterocycles. The molecule has 0 radical (unpaired) electrons. The van der Waals surface area contributed by atoms with Gasteiger partial charge in [-0.2, -0.15) is 0 Å². The van der Waals surface area contributed by atoms with E-state index < -0.39 is 0 Å². The molecule has 1 amide bonds. The van der Waals surface area contributed by atoms with Crippen molar-refractivity contribution in [3.8, 4) is 0 Å². The van der Waals surface area contributed by atoms with Crippen molar-refractivity contribution in [2.24, 2.45) is 0 Å². The first-order valence-electron chi connectivity index (χ1n) is 7.08. The maximum Gasteiger partial charge on any atom is 0.258 e. The molecule has 0 aliphatic heterocycles. The molecule has 0 aliphatic carbocycles. The Bertz CT molecular complexity index is 762. The molecular formula is C17H16Cl2N2OS. The summed E-state index contributed by atoms with van der Waals surface area (Å²) in [6, 6.07) is 10.7. The third kappa shape index (κ3) is 4.44. The largest absolute Gasteiger partial charge is 0.332 e. The number of anilines is 1. The van der Waals surface area contributed by atoms with E-state index in [1.54, 1.807) is 12.1 Å². The van der Waals surface area contributed by atoms with Crippen molar-refractivity contribution in [2.45, 2.75) is 20.3 Å². The molecule has 0 aromatic heterocycles. The number of benzene rings is 2. The molecule has 2 aromatic rings. The minimum absolute atomic E-state index is 0.227. The first-order valence-corrected chi connectivity index (χ1v) is 8.24. The number of hydrogen-bond acceptors (Lipinski definition) is 2. The lowest BCUT2D eigenvalue weighted by Crippen LogP contribution is -2.34. The number of rotatable bonds is 3. The fourth-order valence-corrected chi connectivity index (χ4v) is 2.88. The quantitative estimate of drug-likeness (QED) is 0.751. The van der Waals surface area contributed by atoms with Gasteiger partial charge in [-0.1, -0.05) is 48.3 Å². The Hall–Kier alpha value is -1.62. The second-order valence-corrected chi connectivity index (χ2v) is 6.25. The van der Waals surface area contributed by atoms with E-state index in [0.717, 1.165) is 23.2 Å². The number of thiocarbonyl (C=S) groups is 1. The Morgan fingerprint density at radius 1 is 1.22 bits per heavy atom. The Morgan fingerprint density at radius 3 is 2.61 bits per heavy atom. The number of halogens is 2. The molecule has 0 aliphatic rings. The monoisotopic (exact) mass is 366 g/mol. The lowest BCUT2D eigenvalue weighted by Gasteiger charge is -2.15. The summed E-state index contributed by atoms with van der Waals surface area (Å²) in [5.41, 5.74) is 3.43. The Kier molecular flexibility index (Phi) is 5.99. The molecule has 2 rings (SSSR count). The van der Waals surface area contributed by atoms with Crippen LogP contribution in [0.15, 0.2) is 36.4 Å². The third-order valence-electron chi connectivity index (χ3n) is 3.38. The van der Waals surface area contributed by atoms with Crippen LogP contribution in [-0.4, -0.2) is 11.0 Å². The second-order valence-electron chi connectivity index (χ2n) is 5.00. The highest BCUT2D eigenvalue weighted by molar-refractivity contribution is 7.80. The van der Waals surface area contributed by atoms with Crippen LogP contribution in [0.2, 0.25) is 10.0 Å². The maximum absolute atomic E-state index is 12.3. The molecule has 6 heteroatoms. The van der Waals surface area contributed by atoms with Crippen LogP contribution in [0, 0.1) is 6.92 Å². The van der Waals surface area contributed by atoms with Crippen LogP contribution >= 0.6 is 35.4 Å². The summed E-state index contributed by atoms with van der Waals surface area (Å²) in [5.74, 6) is -0.379. The SMILES string of the molecule is CCc1cccc(C)c1NC(=S)NC(=O)c1ccc(Cl)cc1Cl. The van der Waals surface area contributed by atoms with E-state index >= 15 is 0 Å². The summed E-state index contributed by atoms with van der Waals surface area (Å²) in [6.07, 6.45) is 0.865. The van der Waals surface area contributed by atoms with E-state index in [1.165, 1.54) is 6.07 Å². The average molecular weight is 367 g/mol. The summed E-state index contributed by atoms with van der Waals surface area (Å²) in [7, 11) is 0. The van der Waals surface area contributed by atoms with Crippen LogP contribution in [0.1, 0.15) is 28.4 Å². The first kappa shape index (κ1) is 17.7. The van der Waals surface area contributed by atoms with Crippen molar-refractivity contribution in [3.63, 3.8) is 0 Å². The molecule has 0 saturated heterocycles. The molecule has 0 unspecified atom stereocenters. The molecule has 120 valence electrons. The molecule has 2 N–H and O–H groups in total. The van der Waals surface area contributed by atoms with Crippen molar-refractivity contribution in [3.05, 3.63) is 63.1 Å². The number of para-hydroxylation sites is 1. The molecule has 3 nitrogen and oxygen atoms in total. The van der Waals surface area contributed by atoms with Gasteiger partial charge in [-0.15, -0.1) is 0 Å². The summed E-state index contributed by atoms with van der Waals surface area (Å²) >= 11 is 17.1. The van der Waals surface area contributed by atoms with Crippen molar-refractivity contribution in [1.82, 2.24) is 5.32 Å². The van der Waals surface area contributed by atoms with Gasteiger partial charge in [0.2, 0.25) is 0 Å². The lowest BCUT2D eigenvalue weighted by atomic mass is 10.1. The standard InChI is InChI=1S/C17H16Cl2N2OS/c1-3-11-6-4-5-10(2)15(11)20-17(23)21-16(22)13-8-7-12(18)9-14(13)19/h4-9H,3H2,1-2H3,(H2,20,21,22,23). The highest BCUT2D eigenvalue weighted by Gasteiger charge is 2.13. The van der Waals surface area contributed by atoms with Gasteiger partial charge in [-0.05, 0) is 54.9 Å². The third-order valence-corrected chi connectivity index (χ3v) is 4.13. The Balaban J connectivity index is 2.12. The molecule has 0 saturated carbocycles. The predicted octanol–water partition coefficient (Wildman–Crippen LogP) is 4.99. The van der Waals surface area contributed by atoms with Gasteiger partial charge in [0.15, 0.2) is 5.11 Å². The van der Waals surface area contributed by atoms with Crippen molar-refractivity contribution in [1.29, 1.82) is 0 Å². The maximum atomic E-state index is 12.3. The zero-order valence-electron chi connectivity index (χ0n) is 12.7. The van der Waals surface area contributed by atoms with Crippen LogP contribution in [0.4, 0.5) is 5.69 Å². The van der Waals surface area contributed by atoms with E-state index in [4.69, 9.17) is 35.4 Å². The number of carbonyl (C=O) groups excluding carboxylic acids is 1. The fraction of sp³-hybridized carbons (Fsp3) is 0.176. The van der Waals surface area contributed by atoms with Gasteiger partial charge < -0.3 is 5.32 Å². The van der Waals surface area contributed by atoms with Crippen LogP contribution in [0.5, 0.6) is 0 Å². The molecule has 0 spiro atoms. The van der Waals surface area contributed by atoms with Gasteiger partial charge in [0.05, 0.1) is 10.6 Å². The molecular weight excluding hydrogens is 351 g/mol. The Labute approximate surface area is 151 Å². The first-order chi connectivity index (χ1) is 10.9. The van der Waals surface area contributed by atoms with Gasteiger partial charge >= 0.3 is 0 Å². The van der Waals surface area contributed by atoms with E-state index in [-0.39, 0.29) is 16.0 Å². The highest BCUT2D eigenvalue weighted by atomic mass is 35.5. The summed E-state index contributed by atoms with van der Waals surface area (Å²) < 4.78 is 0. The van der Waals surface area contributed by atoms with Gasteiger partial charge in [-0.25, -0.2) is 0 Å². The summed E-state index contributed by atoms with van der Waals surface area (Å²) in [6.45, 7) is 4.05. The number of hydrogen-bond donors (Lipinski definition) is 2. The highest BCUT2D eigenvalue weighted by Crippen LogP contribution is 2.22. The molecule has 23 heavy (non-hydrogen) atoms. The number of aryl methyl sites for hydroxylation is 2. The molecule has 2 aromatic carbocycles. The fourth-order valence-electron chi connectivity index (χ4n) is 2.19. The van der Waals surface area contributed by atoms with E-state index in [2.05, 4.69) is 17.6 Å². The minimum Gasteiger partial charge on any atom is -0.332 e. The van der Waals surface area contributed by atoms with E-state index in [9.17, 15) is 4.79 Å². The van der Waals surface area contributed by atoms with Gasteiger partial charge in [0.1, 0.15) is 0 Å². The topological polar surface area (TPSA) is 41.1 Å². The van der Waals surface area contributed by atoms with E-state index in [1.807, 2.05) is 25.1 Å². The smallest absolute Gasteiger partial charge is 0.258 e. The number of amides is 1. The average Bonchev–Trinajstić information content (AvgIpc) is 2.49. The summed E-state index contributed by atoms with van der Waals surface area (Å²) in [5, 5.41) is 6.71. The number of carbonyl (C=O) groups is 1. The Morgan fingerprint density at radius 2 is 1.96 bits per heavy atom. The van der Waals surface area contributed by atoms with Crippen molar-refractivity contribution < 1.29 is 4.79 Å². The van der Waals surface area contributed by atoms with Crippen LogP contribution in [0.3, 0.4) is 0 Å². The number of nitrogens with one attached hydrogen (secondary N) is 2. The van der Waals surface area contributed by atoms with Crippen LogP contribution in [-0.2, 0) is 6.42 Å². The predicted molar refractivity (Wildman–Crippen MR) is 101 cm³/mol. The lowest BCUT2D eigenvalue weighted by molar-refractivity contribution is 0.0978. The zero-order valence-corrected chi connectivity index (χ0v) is 15.1. The van der Waals surface area contributed by atoms with Gasteiger partial charge in [-0.3, -0.25) is 10.1 Å². The van der Waals surface area contributed by atoms with Crippen molar-refractivity contribution >= 4 is 52.1 Å². The normalized spacial score (nSPS) is 10.3. The minimum atomic E-state index is -0.379. The van der Waals surface area contributed by atoms with Crippen molar-refractivity contribution in [2.75, 3.05) is 5.32 Å². The molecule has 0 bridgehead atoms. The second kappa shape index (κ2) is 7.77. The molecule has 0 atom stereocenters. The van der Waals surface area contributed by atoms with E-state index in [0.29, 0.717) is 10.6 Å². The van der Waals surface area contributed by atoms with Gasteiger partial charge in [0.25, 0.3) is 5.91 Å². The molecule has 0 fully saturated rings. The van der Waals surface area contributed by atoms with Crippen LogP contribution in [0.25, 0.3) is 0 Å². The van der Waals surface area contributed by atoms with Crippen LogP contribution < -0.4 is 10.6 Å². The zero-order chi connectivity index (χ0) is 17.0. The summed E-state index contributed by atoms with van der Waals surface area (Å²) in [4.78, 5) is 12.3.